The number of rotatable bonds is 3. The first-order valence-electron chi connectivity index (χ1n) is 7.05. The van der Waals surface area contributed by atoms with Crippen LogP contribution in [0.25, 0.3) is 10.9 Å². The maximum Gasteiger partial charge on any atom is 0.260 e. The summed E-state index contributed by atoms with van der Waals surface area (Å²) >= 11 is 0. The third-order valence-electron chi connectivity index (χ3n) is 3.46. The number of ether oxygens (including phenoxy) is 2. The number of aromatic amines is 1. The molecule has 0 radical (unpaired) electrons. The summed E-state index contributed by atoms with van der Waals surface area (Å²) in [6, 6.07) is 12.7. The molecule has 1 aliphatic heterocycles. The van der Waals surface area contributed by atoms with Crippen molar-refractivity contribution in [1.29, 1.82) is 0 Å². The zero-order valence-corrected chi connectivity index (χ0v) is 12.0. The summed E-state index contributed by atoms with van der Waals surface area (Å²) in [7, 11) is 0. The normalized spacial score (nSPS) is 13.0. The monoisotopic (exact) mass is 308 g/mol. The van der Waals surface area contributed by atoms with Crippen LogP contribution in [0.4, 0.5) is 5.95 Å². The van der Waals surface area contributed by atoms with E-state index in [0.717, 1.165) is 11.3 Å². The van der Waals surface area contributed by atoms with Gasteiger partial charge in [0.05, 0.1) is 17.4 Å². The van der Waals surface area contributed by atoms with Crippen LogP contribution in [0.2, 0.25) is 0 Å². The molecule has 0 saturated carbocycles. The number of H-pyrrole nitrogens is 1. The Balaban J connectivity index is 1.56. The van der Waals surface area contributed by atoms with Crippen LogP contribution in [-0.4, -0.2) is 16.8 Å². The van der Waals surface area contributed by atoms with E-state index < -0.39 is 0 Å². The first-order valence-corrected chi connectivity index (χ1v) is 7.05. The predicted octanol–water partition coefficient (Wildman–Crippen LogP) is 2.94. The molecule has 23 heavy (non-hydrogen) atoms. The Kier molecular flexibility index (Phi) is 3.23. The van der Waals surface area contributed by atoms with Gasteiger partial charge < -0.3 is 9.47 Å². The lowest BCUT2D eigenvalue weighted by molar-refractivity contribution is 0.174. The minimum absolute atomic E-state index is 0.189. The summed E-state index contributed by atoms with van der Waals surface area (Å²) in [6.07, 6.45) is 0. The maximum absolute atomic E-state index is 11.9. The molecule has 4 rings (SSSR count). The molecule has 2 heterocycles. The van der Waals surface area contributed by atoms with Crippen molar-refractivity contribution in [3.8, 4) is 11.5 Å². The van der Waals surface area contributed by atoms with Crippen LogP contribution in [0.5, 0.6) is 11.5 Å². The van der Waals surface area contributed by atoms with Gasteiger partial charge in [-0.25, -0.2) is 4.98 Å². The van der Waals surface area contributed by atoms with Crippen molar-refractivity contribution in [2.45, 2.75) is 6.54 Å². The number of nitrogens with zero attached hydrogens (tertiary/aromatic N) is 3. The molecule has 0 saturated heterocycles. The zero-order chi connectivity index (χ0) is 15.6. The molecular weight excluding hydrogens is 296 g/mol. The summed E-state index contributed by atoms with van der Waals surface area (Å²) in [5.41, 5.74) is 1.29. The lowest BCUT2D eigenvalue weighted by atomic mass is 10.2. The van der Waals surface area contributed by atoms with Gasteiger partial charge in [-0.15, -0.1) is 5.11 Å². The summed E-state index contributed by atoms with van der Waals surface area (Å²) in [4.78, 5) is 18.8. The van der Waals surface area contributed by atoms with Crippen LogP contribution in [0, 0.1) is 0 Å². The van der Waals surface area contributed by atoms with Crippen molar-refractivity contribution >= 4 is 16.9 Å². The number of hydrogen-bond acceptors (Lipinski definition) is 6. The molecule has 0 spiro atoms. The molecule has 0 amide bonds. The molecule has 7 heteroatoms. The van der Waals surface area contributed by atoms with Gasteiger partial charge in [0.1, 0.15) is 0 Å². The van der Waals surface area contributed by atoms with Gasteiger partial charge in [0, 0.05) is 0 Å². The van der Waals surface area contributed by atoms with Crippen LogP contribution in [0.1, 0.15) is 5.56 Å². The number of hydrogen-bond donors (Lipinski definition) is 1. The Morgan fingerprint density at radius 3 is 2.96 bits per heavy atom. The van der Waals surface area contributed by atoms with Gasteiger partial charge in [-0.2, -0.15) is 5.11 Å². The van der Waals surface area contributed by atoms with E-state index in [2.05, 4.69) is 20.2 Å². The number of fused-ring (bicyclic) bond motifs is 2. The van der Waals surface area contributed by atoms with Crippen LogP contribution in [0.15, 0.2) is 57.5 Å². The molecule has 1 aromatic heterocycles. The van der Waals surface area contributed by atoms with Crippen LogP contribution < -0.4 is 15.0 Å². The Morgan fingerprint density at radius 2 is 2.00 bits per heavy atom. The summed E-state index contributed by atoms with van der Waals surface area (Å²) < 4.78 is 10.6. The van der Waals surface area contributed by atoms with Crippen molar-refractivity contribution < 1.29 is 9.47 Å². The van der Waals surface area contributed by atoms with E-state index in [1.54, 1.807) is 18.2 Å². The van der Waals surface area contributed by atoms with Crippen LogP contribution in [0.3, 0.4) is 0 Å². The highest BCUT2D eigenvalue weighted by Crippen LogP contribution is 2.32. The molecule has 1 aliphatic rings. The van der Waals surface area contributed by atoms with E-state index in [-0.39, 0.29) is 18.3 Å². The van der Waals surface area contributed by atoms with Gasteiger partial charge in [-0.05, 0) is 29.8 Å². The third kappa shape index (κ3) is 2.64. The van der Waals surface area contributed by atoms with Crippen molar-refractivity contribution in [3.05, 3.63) is 58.4 Å². The van der Waals surface area contributed by atoms with Gasteiger partial charge in [-0.1, -0.05) is 18.2 Å². The van der Waals surface area contributed by atoms with E-state index in [9.17, 15) is 4.79 Å². The number of benzene rings is 2. The quantitative estimate of drug-likeness (QED) is 0.753. The molecule has 7 nitrogen and oxygen atoms in total. The fourth-order valence-corrected chi connectivity index (χ4v) is 2.34. The SMILES string of the molecule is O=c1[nH]c(N=NCc2ccc3c(c2)OCO3)nc2ccccc12. The van der Waals surface area contributed by atoms with E-state index in [4.69, 9.17) is 9.47 Å². The molecule has 0 bridgehead atoms. The first-order chi connectivity index (χ1) is 11.3. The molecule has 2 aromatic carbocycles. The Bertz CT molecular complexity index is 965. The first kappa shape index (κ1) is 13.4. The van der Waals surface area contributed by atoms with E-state index in [0.29, 0.717) is 23.2 Å². The van der Waals surface area contributed by atoms with E-state index >= 15 is 0 Å². The van der Waals surface area contributed by atoms with Crippen LogP contribution in [-0.2, 0) is 6.54 Å². The average molecular weight is 308 g/mol. The highest BCUT2D eigenvalue weighted by molar-refractivity contribution is 5.77. The molecular formula is C16H12N4O3. The lowest BCUT2D eigenvalue weighted by Crippen LogP contribution is -2.06. The minimum atomic E-state index is -0.229. The maximum atomic E-state index is 11.9. The number of para-hydroxylation sites is 1. The summed E-state index contributed by atoms with van der Waals surface area (Å²) in [6.45, 7) is 0.593. The molecule has 1 N–H and O–H groups in total. The van der Waals surface area contributed by atoms with Crippen molar-refractivity contribution in [3.63, 3.8) is 0 Å². The topological polar surface area (TPSA) is 88.9 Å². The number of nitrogens with one attached hydrogen (secondary N) is 1. The minimum Gasteiger partial charge on any atom is -0.454 e. The molecule has 3 aromatic rings. The van der Waals surface area contributed by atoms with Crippen molar-refractivity contribution in [2.75, 3.05) is 6.79 Å². The predicted molar refractivity (Wildman–Crippen MR) is 83.1 cm³/mol. The standard InChI is InChI=1S/C16H12N4O3/c21-15-11-3-1-2-4-12(11)18-16(19-15)20-17-8-10-5-6-13-14(7-10)23-9-22-13/h1-7H,8-9H2,(H,18,19,21). The molecule has 0 unspecified atom stereocenters. The Labute approximate surface area is 130 Å². The Hall–Kier alpha value is -3.22. The number of aromatic nitrogens is 2. The fraction of sp³-hybridized carbons (Fsp3) is 0.125. The zero-order valence-electron chi connectivity index (χ0n) is 12.0. The van der Waals surface area contributed by atoms with Gasteiger partial charge in [0.25, 0.3) is 5.56 Å². The second-order valence-corrected chi connectivity index (χ2v) is 4.99. The highest BCUT2D eigenvalue weighted by atomic mass is 16.7. The summed E-state index contributed by atoms with van der Waals surface area (Å²) in [5.74, 6) is 1.62. The van der Waals surface area contributed by atoms with Gasteiger partial charge >= 0.3 is 0 Å². The van der Waals surface area contributed by atoms with Crippen LogP contribution >= 0.6 is 0 Å². The fourth-order valence-electron chi connectivity index (χ4n) is 2.34. The molecule has 114 valence electrons. The third-order valence-corrected chi connectivity index (χ3v) is 3.46. The number of azo groups is 1. The van der Waals surface area contributed by atoms with Gasteiger partial charge in [0.2, 0.25) is 12.7 Å². The second-order valence-electron chi connectivity index (χ2n) is 4.99. The second kappa shape index (κ2) is 5.53. The smallest absolute Gasteiger partial charge is 0.260 e. The average Bonchev–Trinajstić information content (AvgIpc) is 3.03. The van der Waals surface area contributed by atoms with E-state index in [1.165, 1.54) is 0 Å². The largest absolute Gasteiger partial charge is 0.454 e. The van der Waals surface area contributed by atoms with Gasteiger partial charge in [0.15, 0.2) is 11.5 Å². The molecule has 0 atom stereocenters. The molecule has 0 aliphatic carbocycles. The van der Waals surface area contributed by atoms with Gasteiger partial charge in [-0.3, -0.25) is 9.78 Å². The highest BCUT2D eigenvalue weighted by Gasteiger charge is 2.12. The molecule has 0 fully saturated rings. The lowest BCUT2D eigenvalue weighted by Gasteiger charge is -1.99. The summed E-state index contributed by atoms with van der Waals surface area (Å²) in [5, 5.41) is 8.60. The van der Waals surface area contributed by atoms with Crippen molar-refractivity contribution in [1.82, 2.24) is 9.97 Å². The van der Waals surface area contributed by atoms with E-state index in [1.807, 2.05) is 24.3 Å². The van der Waals surface area contributed by atoms with Crippen molar-refractivity contribution in [2.24, 2.45) is 10.2 Å². The Morgan fingerprint density at radius 1 is 1.13 bits per heavy atom.